The topological polar surface area (TPSA) is 75.2 Å². The van der Waals surface area contributed by atoms with Crippen molar-refractivity contribution in [2.45, 2.75) is 26.1 Å². The Bertz CT molecular complexity index is 1490. The molecule has 0 fully saturated rings. The van der Waals surface area contributed by atoms with Crippen molar-refractivity contribution in [3.8, 4) is 22.6 Å². The van der Waals surface area contributed by atoms with Gasteiger partial charge >= 0.3 is 0 Å². The van der Waals surface area contributed by atoms with Crippen LogP contribution in [-0.4, -0.2) is 25.5 Å². The molecule has 5 rings (SSSR count). The van der Waals surface area contributed by atoms with Gasteiger partial charge in [0.1, 0.15) is 29.8 Å². The molecule has 1 unspecified atom stereocenters. The molecule has 1 atom stereocenters. The number of nitrogens with zero attached hydrogens (tertiary/aromatic N) is 2. The Morgan fingerprint density at radius 1 is 0.974 bits per heavy atom. The molecule has 1 heterocycles. The summed E-state index contributed by atoms with van der Waals surface area (Å²) in [5.74, 6) is 0.574. The highest BCUT2D eigenvalue weighted by Gasteiger charge is 2.20. The van der Waals surface area contributed by atoms with Crippen molar-refractivity contribution in [3.63, 3.8) is 0 Å². The van der Waals surface area contributed by atoms with Gasteiger partial charge in [-0.25, -0.2) is 9.38 Å². The van der Waals surface area contributed by atoms with E-state index in [-0.39, 0.29) is 18.2 Å². The first-order valence-corrected chi connectivity index (χ1v) is 12.6. The molecular formula is C31H29FN4O3. The highest BCUT2D eigenvalue weighted by molar-refractivity contribution is 6.05. The maximum Gasteiger partial charge on any atom is 0.255 e. The number of anilines is 2. The molecule has 1 aliphatic rings. The van der Waals surface area contributed by atoms with E-state index in [2.05, 4.69) is 15.7 Å². The van der Waals surface area contributed by atoms with E-state index in [1.165, 1.54) is 25.3 Å². The molecular weight excluding hydrogens is 495 g/mol. The second-order valence-electron chi connectivity index (χ2n) is 9.30. The van der Waals surface area contributed by atoms with Gasteiger partial charge in [0.05, 0.1) is 18.9 Å². The number of para-hydroxylation sites is 1. The van der Waals surface area contributed by atoms with Gasteiger partial charge in [-0.05, 0) is 80.1 Å². The lowest BCUT2D eigenvalue weighted by Crippen LogP contribution is -2.33. The largest absolute Gasteiger partial charge is 0.496 e. The standard InChI is InChI=1S/C31H29FN4O3/c1-20(2)39-25-15-13-24(14-16-25)36-19-33-30(35-36)21-8-11-23(12-9-21)34-31(37)22-10-17-28(32)27(18-22)26-6-4-5-7-29(26)38-3/h4-20,30,35H,1-3H3,(H,34,37). The lowest BCUT2D eigenvalue weighted by atomic mass is 10.0. The Morgan fingerprint density at radius 3 is 2.44 bits per heavy atom. The number of hydrogen-bond acceptors (Lipinski definition) is 6. The Labute approximate surface area is 226 Å². The fraction of sp³-hybridized carbons (Fsp3) is 0.161. The first-order valence-electron chi connectivity index (χ1n) is 12.6. The monoisotopic (exact) mass is 524 g/mol. The van der Waals surface area contributed by atoms with Gasteiger partial charge in [-0.1, -0.05) is 30.3 Å². The van der Waals surface area contributed by atoms with Crippen LogP contribution in [0.15, 0.2) is 96.0 Å². The Kier molecular flexibility index (Phi) is 7.56. The van der Waals surface area contributed by atoms with Crippen molar-refractivity contribution in [1.29, 1.82) is 0 Å². The van der Waals surface area contributed by atoms with Gasteiger partial charge < -0.3 is 14.8 Å². The molecule has 0 spiro atoms. The summed E-state index contributed by atoms with van der Waals surface area (Å²) in [5.41, 5.74) is 7.05. The van der Waals surface area contributed by atoms with Crippen LogP contribution >= 0.6 is 0 Å². The highest BCUT2D eigenvalue weighted by Crippen LogP contribution is 2.32. The number of ether oxygens (including phenoxy) is 2. The van der Waals surface area contributed by atoms with E-state index in [9.17, 15) is 9.18 Å². The summed E-state index contributed by atoms with van der Waals surface area (Å²) in [6.07, 6.45) is 1.60. The molecule has 2 N–H and O–H groups in total. The van der Waals surface area contributed by atoms with Gasteiger partial charge in [0, 0.05) is 22.4 Å². The lowest BCUT2D eigenvalue weighted by molar-refractivity contribution is 0.102. The molecule has 1 amide bonds. The number of hydrazine groups is 1. The summed E-state index contributed by atoms with van der Waals surface area (Å²) in [4.78, 5) is 17.5. The van der Waals surface area contributed by atoms with Crippen molar-refractivity contribution in [3.05, 3.63) is 108 Å². The molecule has 198 valence electrons. The van der Waals surface area contributed by atoms with E-state index in [0.717, 1.165) is 17.0 Å². The number of benzene rings is 4. The zero-order chi connectivity index (χ0) is 27.4. The molecule has 39 heavy (non-hydrogen) atoms. The van der Waals surface area contributed by atoms with Crippen molar-refractivity contribution in [2.75, 3.05) is 17.4 Å². The molecule has 4 aromatic carbocycles. The smallest absolute Gasteiger partial charge is 0.255 e. The Balaban J connectivity index is 1.23. The molecule has 0 saturated heterocycles. The van der Waals surface area contributed by atoms with Gasteiger partial charge in [-0.2, -0.15) is 5.43 Å². The molecule has 4 aromatic rings. The first kappa shape index (κ1) is 25.9. The second kappa shape index (κ2) is 11.4. The normalized spacial score (nSPS) is 14.5. The molecule has 0 aromatic heterocycles. The van der Waals surface area contributed by atoms with E-state index >= 15 is 0 Å². The number of amides is 1. The summed E-state index contributed by atoms with van der Waals surface area (Å²) in [7, 11) is 1.53. The SMILES string of the molecule is COc1ccccc1-c1cc(C(=O)Nc2ccc(C3N=CN(c4ccc(OC(C)C)cc4)N3)cc2)ccc1F. The third-order valence-electron chi connectivity index (χ3n) is 6.19. The van der Waals surface area contributed by atoms with Gasteiger partial charge in [0.25, 0.3) is 5.91 Å². The molecule has 0 radical (unpaired) electrons. The van der Waals surface area contributed by atoms with Crippen LogP contribution in [0.3, 0.4) is 0 Å². The zero-order valence-corrected chi connectivity index (χ0v) is 21.9. The van der Waals surface area contributed by atoms with Crippen LogP contribution in [0.1, 0.15) is 35.9 Å². The average molecular weight is 525 g/mol. The van der Waals surface area contributed by atoms with E-state index < -0.39 is 5.82 Å². The third kappa shape index (κ3) is 5.91. The molecule has 1 aliphatic heterocycles. The number of halogens is 1. The van der Waals surface area contributed by atoms with E-state index in [0.29, 0.717) is 28.1 Å². The number of carbonyl (C=O) groups excluding carboxylic acids is 1. The highest BCUT2D eigenvalue weighted by atomic mass is 19.1. The number of hydrogen-bond donors (Lipinski definition) is 2. The fourth-order valence-corrected chi connectivity index (χ4v) is 4.28. The van der Waals surface area contributed by atoms with Crippen LogP contribution in [-0.2, 0) is 0 Å². The molecule has 8 heteroatoms. The summed E-state index contributed by atoms with van der Waals surface area (Å²) >= 11 is 0. The number of carbonyl (C=O) groups is 1. The number of nitrogens with one attached hydrogen (secondary N) is 2. The van der Waals surface area contributed by atoms with Gasteiger partial charge in [0.15, 0.2) is 0 Å². The van der Waals surface area contributed by atoms with Crippen molar-refractivity contribution in [1.82, 2.24) is 5.43 Å². The first-order chi connectivity index (χ1) is 18.9. The summed E-state index contributed by atoms with van der Waals surface area (Å²) in [6, 6.07) is 26.6. The van der Waals surface area contributed by atoms with Crippen LogP contribution in [0.5, 0.6) is 11.5 Å². The Hall–Kier alpha value is -4.69. The van der Waals surface area contributed by atoms with Gasteiger partial charge in [-0.3, -0.25) is 9.80 Å². The summed E-state index contributed by atoms with van der Waals surface area (Å²) in [5, 5.41) is 4.74. The van der Waals surface area contributed by atoms with Crippen molar-refractivity contribution in [2.24, 2.45) is 4.99 Å². The van der Waals surface area contributed by atoms with Crippen LogP contribution in [0.25, 0.3) is 11.1 Å². The van der Waals surface area contributed by atoms with Crippen LogP contribution in [0, 0.1) is 5.82 Å². The van der Waals surface area contributed by atoms with Gasteiger partial charge in [-0.15, -0.1) is 0 Å². The predicted molar refractivity (Wildman–Crippen MR) is 152 cm³/mol. The minimum absolute atomic E-state index is 0.117. The quantitative estimate of drug-likeness (QED) is 0.272. The second-order valence-corrected chi connectivity index (χ2v) is 9.30. The fourth-order valence-electron chi connectivity index (χ4n) is 4.28. The van der Waals surface area contributed by atoms with Crippen LogP contribution < -0.4 is 25.2 Å². The Morgan fingerprint density at radius 2 is 1.72 bits per heavy atom. The molecule has 7 nitrogen and oxygen atoms in total. The van der Waals surface area contributed by atoms with Crippen LogP contribution in [0.2, 0.25) is 0 Å². The van der Waals surface area contributed by atoms with Crippen molar-refractivity contribution < 1.29 is 18.7 Å². The third-order valence-corrected chi connectivity index (χ3v) is 6.19. The minimum atomic E-state index is -0.432. The maximum absolute atomic E-state index is 14.6. The van der Waals surface area contributed by atoms with E-state index in [4.69, 9.17) is 9.47 Å². The molecule has 0 saturated carbocycles. The van der Waals surface area contributed by atoms with E-state index in [1.54, 1.807) is 24.5 Å². The summed E-state index contributed by atoms with van der Waals surface area (Å²) < 4.78 is 25.7. The van der Waals surface area contributed by atoms with Gasteiger partial charge in [0.2, 0.25) is 0 Å². The number of aliphatic imine (C=N–C) groups is 1. The van der Waals surface area contributed by atoms with E-state index in [1.807, 2.05) is 73.5 Å². The maximum atomic E-state index is 14.6. The number of methoxy groups -OCH3 is 1. The zero-order valence-electron chi connectivity index (χ0n) is 21.9. The molecule has 0 aliphatic carbocycles. The average Bonchev–Trinajstić information content (AvgIpc) is 3.44. The minimum Gasteiger partial charge on any atom is -0.496 e. The number of rotatable bonds is 8. The lowest BCUT2D eigenvalue weighted by Gasteiger charge is -2.19. The van der Waals surface area contributed by atoms with Crippen LogP contribution in [0.4, 0.5) is 15.8 Å². The molecule has 0 bridgehead atoms. The van der Waals surface area contributed by atoms with Crippen molar-refractivity contribution >= 4 is 23.6 Å². The predicted octanol–water partition coefficient (Wildman–Crippen LogP) is 6.59. The summed E-state index contributed by atoms with van der Waals surface area (Å²) in [6.45, 7) is 3.98.